The molecule has 10 heteroatoms. The number of carboxylic acid groups (broad SMARTS) is 1. The highest BCUT2D eigenvalue weighted by Gasteiger charge is 2.53. The van der Waals surface area contributed by atoms with Gasteiger partial charge in [0.05, 0.1) is 18.8 Å². The Bertz CT molecular complexity index is 403. The van der Waals surface area contributed by atoms with E-state index in [9.17, 15) is 30.0 Å². The molecule has 0 spiro atoms. The lowest BCUT2D eigenvalue weighted by Crippen LogP contribution is -2.67. The SMILES string of the molecule is CC(=O)N[C@H]1[C@H]([C@H](O)[C@H](O)CO)O[13C@@](O)([13C](=O)O)[13CH2][C@@H]1O. The first-order chi connectivity index (χ1) is 9.62. The van der Waals surface area contributed by atoms with Crippen LogP contribution in [-0.4, -0.2) is 85.4 Å². The monoisotopic (exact) mass is 312 g/mol. The zero-order chi connectivity index (χ0) is 16.4. The first kappa shape index (κ1) is 17.8. The third kappa shape index (κ3) is 3.87. The largest absolute Gasteiger partial charge is 0.477 e. The molecule has 1 aliphatic heterocycles. The summed E-state index contributed by atoms with van der Waals surface area (Å²) in [6.07, 6.45) is -7.48. The van der Waals surface area contributed by atoms with Crippen molar-refractivity contribution in [2.45, 2.75) is 49.6 Å². The van der Waals surface area contributed by atoms with Crippen LogP contribution in [0.25, 0.3) is 0 Å². The minimum Gasteiger partial charge on any atom is -0.477 e. The summed E-state index contributed by atoms with van der Waals surface area (Å²) in [4.78, 5) is 22.1. The number of carbonyl (C=O) groups excluding carboxylic acids is 1. The molecule has 6 atom stereocenters. The summed E-state index contributed by atoms with van der Waals surface area (Å²) in [6.45, 7) is 0.256. The van der Waals surface area contributed by atoms with Crippen LogP contribution >= 0.6 is 0 Å². The topological polar surface area (TPSA) is 177 Å². The number of hydrogen-bond donors (Lipinski definition) is 7. The molecule has 1 rings (SSSR count). The number of hydrogen-bond acceptors (Lipinski definition) is 8. The van der Waals surface area contributed by atoms with Gasteiger partial charge in [0.2, 0.25) is 5.91 Å². The fourth-order valence-electron chi connectivity index (χ4n) is 2.14. The number of carboxylic acids is 1. The van der Waals surface area contributed by atoms with Crippen molar-refractivity contribution in [1.29, 1.82) is 0 Å². The summed E-state index contributed by atoms with van der Waals surface area (Å²) in [5.74, 6) is -5.17. The highest BCUT2D eigenvalue weighted by molar-refractivity contribution is 5.76. The molecule has 1 saturated heterocycles. The second-order valence-corrected chi connectivity index (χ2v) is 4.91. The molecule has 1 aliphatic rings. The van der Waals surface area contributed by atoms with E-state index in [-0.39, 0.29) is 0 Å². The normalized spacial score (nSPS) is 35.8. The van der Waals surface area contributed by atoms with Crippen LogP contribution < -0.4 is 5.32 Å². The Morgan fingerprint density at radius 2 is 2.00 bits per heavy atom. The van der Waals surface area contributed by atoms with E-state index in [4.69, 9.17) is 14.9 Å². The molecule has 1 heterocycles. The van der Waals surface area contributed by atoms with Crippen molar-refractivity contribution >= 4 is 11.9 Å². The van der Waals surface area contributed by atoms with E-state index in [2.05, 4.69) is 5.32 Å². The van der Waals surface area contributed by atoms with Crippen molar-refractivity contribution in [3.8, 4) is 0 Å². The molecular weight excluding hydrogens is 293 g/mol. The fraction of sp³-hybridized carbons (Fsp3) is 0.818. The quantitative estimate of drug-likeness (QED) is 0.250. The fourth-order valence-corrected chi connectivity index (χ4v) is 2.14. The Labute approximate surface area is 119 Å². The summed E-state index contributed by atoms with van der Waals surface area (Å²) >= 11 is 0. The molecule has 0 saturated carbocycles. The van der Waals surface area contributed by atoms with Crippen LogP contribution in [0.3, 0.4) is 0 Å². The van der Waals surface area contributed by atoms with Crippen LogP contribution in [0.2, 0.25) is 0 Å². The van der Waals surface area contributed by atoms with Crippen molar-refractivity contribution in [2.24, 2.45) is 0 Å². The molecule has 0 aliphatic carbocycles. The van der Waals surface area contributed by atoms with Crippen molar-refractivity contribution < 1.29 is 45.0 Å². The Morgan fingerprint density at radius 3 is 2.43 bits per heavy atom. The average Bonchev–Trinajstić information content (AvgIpc) is 2.39. The van der Waals surface area contributed by atoms with Gasteiger partial charge in [-0.05, 0) is 0 Å². The molecule has 1 amide bonds. The molecule has 7 N–H and O–H groups in total. The highest BCUT2D eigenvalue weighted by atomic mass is 16.8. The van der Waals surface area contributed by atoms with Gasteiger partial charge in [0.25, 0.3) is 5.79 Å². The van der Waals surface area contributed by atoms with Gasteiger partial charge in [-0.25, -0.2) is 4.79 Å². The van der Waals surface area contributed by atoms with E-state index < -0.39 is 61.1 Å². The lowest BCUT2D eigenvalue weighted by molar-refractivity contribution is -0.295. The van der Waals surface area contributed by atoms with E-state index >= 15 is 0 Å². The molecule has 0 radical (unpaired) electrons. The second kappa shape index (κ2) is 6.64. The summed E-state index contributed by atoms with van der Waals surface area (Å²) in [5.41, 5.74) is 0. The number of aliphatic hydroxyl groups excluding tert-OH is 4. The van der Waals surface area contributed by atoms with Crippen molar-refractivity contribution in [3.63, 3.8) is 0 Å². The maximum absolute atomic E-state index is 11.1. The van der Waals surface area contributed by atoms with E-state index in [1.807, 2.05) is 0 Å². The van der Waals surface area contributed by atoms with E-state index in [1.165, 1.54) is 0 Å². The number of ether oxygens (including phenoxy) is 1. The molecule has 0 aromatic heterocycles. The van der Waals surface area contributed by atoms with E-state index in [0.29, 0.717) is 0 Å². The summed E-state index contributed by atoms with van der Waals surface area (Å²) in [7, 11) is 0. The zero-order valence-corrected chi connectivity index (χ0v) is 11.2. The van der Waals surface area contributed by atoms with Crippen LogP contribution in [0.1, 0.15) is 13.3 Å². The van der Waals surface area contributed by atoms with Crippen molar-refractivity contribution in [3.05, 3.63) is 0 Å². The van der Waals surface area contributed by atoms with Gasteiger partial charge in [-0.3, -0.25) is 4.79 Å². The lowest BCUT2D eigenvalue weighted by atomic mass is 9.97. The average molecular weight is 312 g/mol. The van der Waals surface area contributed by atoms with Crippen LogP contribution in [0, 0.1) is 0 Å². The van der Waals surface area contributed by atoms with Gasteiger partial charge >= 0.3 is 5.97 Å². The summed E-state index contributed by atoms with van der Waals surface area (Å²) in [5, 5.41) is 59.0. The number of amides is 1. The van der Waals surface area contributed by atoms with Crippen LogP contribution in [0.4, 0.5) is 0 Å². The van der Waals surface area contributed by atoms with Crippen LogP contribution in [-0.2, 0) is 14.3 Å². The van der Waals surface area contributed by atoms with Gasteiger partial charge in [0.15, 0.2) is 0 Å². The number of rotatable bonds is 5. The Hall–Kier alpha value is -1.30. The molecule has 10 nitrogen and oxygen atoms in total. The minimum atomic E-state index is -2.78. The van der Waals surface area contributed by atoms with Crippen LogP contribution in [0.5, 0.6) is 0 Å². The first-order valence-corrected chi connectivity index (χ1v) is 6.18. The Balaban J connectivity index is 3.07. The van der Waals surface area contributed by atoms with Gasteiger partial charge in [0, 0.05) is 13.3 Å². The lowest BCUT2D eigenvalue weighted by Gasteiger charge is -2.44. The summed E-state index contributed by atoms with van der Waals surface area (Å²) in [6, 6.07) is -1.27. The molecule has 0 unspecified atom stereocenters. The van der Waals surface area contributed by atoms with Crippen molar-refractivity contribution in [1.82, 2.24) is 5.32 Å². The second-order valence-electron chi connectivity index (χ2n) is 4.91. The zero-order valence-electron chi connectivity index (χ0n) is 11.2. The molecule has 122 valence electrons. The number of nitrogens with one attached hydrogen (secondary N) is 1. The van der Waals surface area contributed by atoms with Crippen molar-refractivity contribution in [2.75, 3.05) is 6.61 Å². The van der Waals surface area contributed by atoms with Gasteiger partial charge in [0.1, 0.15) is 18.3 Å². The molecule has 0 aromatic rings. The molecule has 1 fully saturated rings. The smallest absolute Gasteiger partial charge is 0.364 e. The van der Waals surface area contributed by atoms with E-state index in [1.54, 1.807) is 0 Å². The maximum Gasteiger partial charge on any atom is 0.364 e. The van der Waals surface area contributed by atoms with Gasteiger partial charge in [-0.15, -0.1) is 0 Å². The molecular formula is C11H19NO9. The Morgan fingerprint density at radius 1 is 1.43 bits per heavy atom. The predicted octanol–water partition coefficient (Wildman–Crippen LogP) is -3.87. The van der Waals surface area contributed by atoms with Gasteiger partial charge < -0.3 is 40.7 Å². The van der Waals surface area contributed by atoms with Crippen LogP contribution in [0.15, 0.2) is 0 Å². The number of carbonyl (C=O) groups is 2. The third-order valence-corrected chi connectivity index (χ3v) is 3.21. The highest BCUT2D eigenvalue weighted by Crippen LogP contribution is 2.30. The maximum atomic E-state index is 11.1. The predicted molar refractivity (Wildman–Crippen MR) is 64.8 cm³/mol. The number of aliphatic hydroxyl groups is 5. The standard InChI is InChI=1S/C11H19NO9/c1-4(14)12-7-5(15)2-11(20,10(18)19)21-9(7)8(17)6(16)3-13/h5-9,13,15-17,20H,2-3H2,1H3,(H,12,14)(H,18,19)/t5-,6+,7+,8+,9+,11+/m0/s1/i2+1,10+1,11+1. The van der Waals surface area contributed by atoms with E-state index in [0.717, 1.165) is 6.92 Å². The van der Waals surface area contributed by atoms with Gasteiger partial charge in [-0.2, -0.15) is 0 Å². The molecule has 0 aromatic carbocycles. The molecule has 0 bridgehead atoms. The third-order valence-electron chi connectivity index (χ3n) is 3.21. The first-order valence-electron chi connectivity index (χ1n) is 6.18. The number of aliphatic carboxylic acids is 1. The Kier molecular flexibility index (Phi) is 5.61. The van der Waals surface area contributed by atoms with Gasteiger partial charge in [-0.1, -0.05) is 0 Å². The summed E-state index contributed by atoms with van der Waals surface area (Å²) < 4.78 is 4.86. The minimum absolute atomic E-state index is 0.598. The molecule has 21 heavy (non-hydrogen) atoms.